The predicted molar refractivity (Wildman–Crippen MR) is 69.2 cm³/mol. The van der Waals surface area contributed by atoms with Crippen LogP contribution in [0, 0.1) is 5.92 Å². The summed E-state index contributed by atoms with van der Waals surface area (Å²) in [4.78, 5) is 16.4. The van der Waals surface area contributed by atoms with Gasteiger partial charge in [-0.15, -0.1) is 5.10 Å². The van der Waals surface area contributed by atoms with Crippen molar-refractivity contribution in [1.82, 2.24) is 35.1 Å². The number of tetrazole rings is 1. The van der Waals surface area contributed by atoms with Crippen molar-refractivity contribution in [3.05, 3.63) is 24.5 Å². The molecule has 2 heterocycles. The number of aryl methyl sites for hydroxylation is 2. The molecule has 1 amide bonds. The van der Waals surface area contributed by atoms with Gasteiger partial charge in [-0.25, -0.2) is 9.67 Å². The smallest absolute Gasteiger partial charge is 0.222 e. The van der Waals surface area contributed by atoms with Crippen LogP contribution in [0.25, 0.3) is 0 Å². The third-order valence-corrected chi connectivity index (χ3v) is 3.51. The van der Waals surface area contributed by atoms with Crippen molar-refractivity contribution < 1.29 is 4.79 Å². The fraction of sp³-hybridized carbons (Fsp3) is 0.583. The Morgan fingerprint density at radius 2 is 2.40 bits per heavy atom. The minimum Gasteiger partial charge on any atom is -0.346 e. The Bertz CT molecular complexity index is 572. The molecule has 1 atom stereocenters. The van der Waals surface area contributed by atoms with E-state index in [1.165, 1.54) is 6.33 Å². The van der Waals surface area contributed by atoms with E-state index in [4.69, 9.17) is 0 Å². The van der Waals surface area contributed by atoms with E-state index < -0.39 is 0 Å². The van der Waals surface area contributed by atoms with Crippen LogP contribution < -0.4 is 5.32 Å². The Labute approximate surface area is 116 Å². The van der Waals surface area contributed by atoms with Gasteiger partial charge in [0, 0.05) is 25.9 Å². The maximum absolute atomic E-state index is 12.1. The summed E-state index contributed by atoms with van der Waals surface area (Å²) < 4.78 is 3.51. The molecule has 1 aliphatic rings. The number of nitrogens with zero attached hydrogens (tertiary/aromatic N) is 6. The molecule has 1 N–H and O–H groups in total. The molecular weight excluding hydrogens is 258 g/mol. The molecular formula is C12H17N7O. The standard InChI is InChI=1S/C12H17N7O/c1-18-7-5-13-12(18)11(9-2-3-9)15-10(20)4-6-19-8-14-16-17-19/h5,7-9,11H,2-4,6H2,1H3,(H,15,20)/t11-/m1/s1. The summed E-state index contributed by atoms with van der Waals surface area (Å²) in [5, 5.41) is 13.9. The van der Waals surface area contributed by atoms with Gasteiger partial charge in [-0.1, -0.05) is 0 Å². The highest BCUT2D eigenvalue weighted by atomic mass is 16.1. The van der Waals surface area contributed by atoms with Crippen LogP contribution in [-0.4, -0.2) is 35.7 Å². The van der Waals surface area contributed by atoms with Crippen LogP contribution in [0.15, 0.2) is 18.7 Å². The number of carbonyl (C=O) groups excluding carboxylic acids is 1. The summed E-state index contributed by atoms with van der Waals surface area (Å²) in [6.45, 7) is 0.483. The maximum Gasteiger partial charge on any atom is 0.222 e. The van der Waals surface area contributed by atoms with Gasteiger partial charge >= 0.3 is 0 Å². The Morgan fingerprint density at radius 3 is 3.00 bits per heavy atom. The third kappa shape index (κ3) is 2.84. The summed E-state index contributed by atoms with van der Waals surface area (Å²) in [5.41, 5.74) is 0. The molecule has 20 heavy (non-hydrogen) atoms. The monoisotopic (exact) mass is 275 g/mol. The Balaban J connectivity index is 1.59. The Hall–Kier alpha value is -2.25. The molecule has 0 bridgehead atoms. The molecule has 0 unspecified atom stereocenters. The lowest BCUT2D eigenvalue weighted by atomic mass is 10.1. The van der Waals surface area contributed by atoms with E-state index in [1.807, 2.05) is 17.8 Å². The van der Waals surface area contributed by atoms with Crippen molar-refractivity contribution in [2.24, 2.45) is 13.0 Å². The minimum atomic E-state index is 0.000370. The zero-order chi connectivity index (χ0) is 13.9. The molecule has 0 spiro atoms. The van der Waals surface area contributed by atoms with E-state index in [0.29, 0.717) is 18.9 Å². The zero-order valence-electron chi connectivity index (χ0n) is 11.3. The Kier molecular flexibility index (Phi) is 3.44. The first-order chi connectivity index (χ1) is 9.74. The number of hydrogen-bond acceptors (Lipinski definition) is 5. The minimum absolute atomic E-state index is 0.000370. The van der Waals surface area contributed by atoms with Gasteiger partial charge in [-0.05, 0) is 29.2 Å². The first-order valence-electron chi connectivity index (χ1n) is 6.71. The highest BCUT2D eigenvalue weighted by Gasteiger charge is 2.35. The number of nitrogens with one attached hydrogen (secondary N) is 1. The van der Waals surface area contributed by atoms with Gasteiger partial charge in [0.05, 0.1) is 12.6 Å². The van der Waals surface area contributed by atoms with E-state index in [9.17, 15) is 4.79 Å². The van der Waals surface area contributed by atoms with E-state index in [-0.39, 0.29) is 11.9 Å². The van der Waals surface area contributed by atoms with E-state index in [1.54, 1.807) is 10.9 Å². The number of rotatable bonds is 6. The SMILES string of the molecule is Cn1ccnc1[C@H](NC(=O)CCn1cnnn1)C1CC1. The molecule has 1 fully saturated rings. The van der Waals surface area contributed by atoms with Crippen molar-refractivity contribution in [2.75, 3.05) is 0 Å². The average Bonchev–Trinajstić information content (AvgIpc) is 2.97. The van der Waals surface area contributed by atoms with Crippen LogP contribution in [-0.2, 0) is 18.4 Å². The van der Waals surface area contributed by atoms with Crippen molar-refractivity contribution in [1.29, 1.82) is 0 Å². The number of amides is 1. The molecule has 0 radical (unpaired) electrons. The van der Waals surface area contributed by atoms with Crippen LogP contribution in [0.2, 0.25) is 0 Å². The normalized spacial score (nSPS) is 16.1. The van der Waals surface area contributed by atoms with Crippen LogP contribution in [0.1, 0.15) is 31.1 Å². The summed E-state index contributed by atoms with van der Waals surface area (Å²) in [5.74, 6) is 1.43. The molecule has 2 aromatic rings. The average molecular weight is 275 g/mol. The van der Waals surface area contributed by atoms with Crippen molar-refractivity contribution >= 4 is 5.91 Å². The Morgan fingerprint density at radius 1 is 1.55 bits per heavy atom. The van der Waals surface area contributed by atoms with Gasteiger partial charge in [0.25, 0.3) is 0 Å². The quantitative estimate of drug-likeness (QED) is 0.805. The largest absolute Gasteiger partial charge is 0.346 e. The molecule has 1 saturated carbocycles. The van der Waals surface area contributed by atoms with E-state index in [2.05, 4.69) is 25.8 Å². The van der Waals surface area contributed by atoms with Crippen LogP contribution in [0.5, 0.6) is 0 Å². The van der Waals surface area contributed by atoms with Gasteiger partial charge in [0.2, 0.25) is 5.91 Å². The van der Waals surface area contributed by atoms with Gasteiger partial charge in [-0.3, -0.25) is 4.79 Å². The molecule has 8 heteroatoms. The lowest BCUT2D eigenvalue weighted by Gasteiger charge is -2.18. The lowest BCUT2D eigenvalue weighted by Crippen LogP contribution is -2.32. The number of aromatic nitrogens is 6. The molecule has 8 nitrogen and oxygen atoms in total. The molecule has 2 aromatic heterocycles. The van der Waals surface area contributed by atoms with Crippen molar-refractivity contribution in [3.63, 3.8) is 0 Å². The zero-order valence-corrected chi connectivity index (χ0v) is 11.3. The van der Waals surface area contributed by atoms with E-state index in [0.717, 1.165) is 18.7 Å². The van der Waals surface area contributed by atoms with E-state index >= 15 is 0 Å². The van der Waals surface area contributed by atoms with Crippen molar-refractivity contribution in [2.45, 2.75) is 31.8 Å². The summed E-state index contributed by atoms with van der Waals surface area (Å²) >= 11 is 0. The topological polar surface area (TPSA) is 90.5 Å². The molecule has 0 saturated heterocycles. The van der Waals surface area contributed by atoms with Crippen LogP contribution in [0.3, 0.4) is 0 Å². The number of hydrogen-bond donors (Lipinski definition) is 1. The van der Waals surface area contributed by atoms with Gasteiger partial charge in [0.1, 0.15) is 12.2 Å². The van der Waals surface area contributed by atoms with Gasteiger partial charge in [0.15, 0.2) is 0 Å². The first-order valence-corrected chi connectivity index (χ1v) is 6.71. The molecule has 0 aliphatic heterocycles. The molecule has 3 rings (SSSR count). The predicted octanol–water partition coefficient (Wildman–Crippen LogP) is 0.0642. The second-order valence-electron chi connectivity index (χ2n) is 5.10. The third-order valence-electron chi connectivity index (χ3n) is 3.51. The molecule has 1 aliphatic carbocycles. The first kappa shape index (κ1) is 12.8. The fourth-order valence-corrected chi connectivity index (χ4v) is 2.24. The second kappa shape index (κ2) is 5.40. The van der Waals surface area contributed by atoms with Crippen LogP contribution >= 0.6 is 0 Å². The highest BCUT2D eigenvalue weighted by molar-refractivity contribution is 5.76. The fourth-order valence-electron chi connectivity index (χ4n) is 2.24. The van der Waals surface area contributed by atoms with Crippen LogP contribution in [0.4, 0.5) is 0 Å². The second-order valence-corrected chi connectivity index (χ2v) is 5.10. The van der Waals surface area contributed by atoms with Crippen molar-refractivity contribution in [3.8, 4) is 0 Å². The molecule has 0 aromatic carbocycles. The summed E-state index contributed by atoms with van der Waals surface area (Å²) in [6, 6.07) is 0.0105. The highest BCUT2D eigenvalue weighted by Crippen LogP contribution is 2.40. The van der Waals surface area contributed by atoms with Gasteiger partial charge in [-0.2, -0.15) is 0 Å². The number of carbonyl (C=O) groups is 1. The summed E-state index contributed by atoms with van der Waals surface area (Å²) in [6.07, 6.45) is 7.81. The number of imidazole rings is 1. The summed E-state index contributed by atoms with van der Waals surface area (Å²) in [7, 11) is 1.95. The lowest BCUT2D eigenvalue weighted by molar-refractivity contribution is -0.122. The molecule has 106 valence electrons. The van der Waals surface area contributed by atoms with Gasteiger partial charge < -0.3 is 9.88 Å². The maximum atomic E-state index is 12.1.